The summed E-state index contributed by atoms with van der Waals surface area (Å²) in [5.41, 5.74) is 4.88. The molecule has 1 aromatic heterocycles. The molecule has 0 aliphatic carbocycles. The summed E-state index contributed by atoms with van der Waals surface area (Å²) in [4.78, 5) is 21.0. The zero-order valence-corrected chi connectivity index (χ0v) is 22.8. The first-order valence-electron chi connectivity index (χ1n) is 13.2. The topological polar surface area (TPSA) is 77.9 Å². The lowest BCUT2D eigenvalue weighted by atomic mass is 9.87. The van der Waals surface area contributed by atoms with Gasteiger partial charge in [-0.3, -0.25) is 19.9 Å². The number of nitrogens with one attached hydrogen (secondary N) is 1. The quantitative estimate of drug-likeness (QED) is 0.182. The number of anilines is 1. The molecule has 1 aliphatic rings. The van der Waals surface area contributed by atoms with Gasteiger partial charge in [-0.2, -0.15) is 0 Å². The summed E-state index contributed by atoms with van der Waals surface area (Å²) in [7, 11) is 5.59. The molecule has 2 atom stereocenters. The zero-order chi connectivity index (χ0) is 28.8. The van der Waals surface area contributed by atoms with Crippen molar-refractivity contribution in [2.75, 3.05) is 39.2 Å². The molecule has 1 saturated heterocycles. The predicted molar refractivity (Wildman–Crippen MR) is 147 cm³/mol. The number of hydroxylamine groups is 1. The predicted octanol–water partition coefficient (Wildman–Crippen LogP) is 4.69. The van der Waals surface area contributed by atoms with E-state index in [2.05, 4.69) is 21.7 Å². The summed E-state index contributed by atoms with van der Waals surface area (Å²) in [5, 5.41) is 10.2. The highest BCUT2D eigenvalue weighted by Crippen LogP contribution is 2.32. The molecule has 2 unspecified atom stereocenters. The van der Waals surface area contributed by atoms with Crippen molar-refractivity contribution in [3.8, 4) is 17.6 Å². The largest absolute Gasteiger partial charge is 0.497 e. The first-order chi connectivity index (χ1) is 19.2. The van der Waals surface area contributed by atoms with Crippen LogP contribution in [0.4, 0.5) is 18.9 Å². The van der Waals surface area contributed by atoms with Gasteiger partial charge < -0.3 is 9.64 Å². The summed E-state index contributed by atoms with van der Waals surface area (Å²) in [6, 6.07) is 7.56. The van der Waals surface area contributed by atoms with Gasteiger partial charge in [-0.25, -0.2) is 18.7 Å². The van der Waals surface area contributed by atoms with E-state index in [9.17, 15) is 23.2 Å². The number of carbonyl (C=O) groups excluding carboxylic acids is 1. The smallest absolute Gasteiger partial charge is 0.246 e. The van der Waals surface area contributed by atoms with Crippen molar-refractivity contribution < 1.29 is 27.9 Å². The lowest BCUT2D eigenvalue weighted by molar-refractivity contribution is -0.135. The van der Waals surface area contributed by atoms with Gasteiger partial charge in [0.05, 0.1) is 31.1 Å². The van der Waals surface area contributed by atoms with Gasteiger partial charge in [0, 0.05) is 43.5 Å². The molecule has 1 fully saturated rings. The van der Waals surface area contributed by atoms with Crippen molar-refractivity contribution in [1.29, 1.82) is 0 Å². The first kappa shape index (κ1) is 29.2. The Bertz CT molecular complexity index is 1410. The maximum Gasteiger partial charge on any atom is 0.246 e. The van der Waals surface area contributed by atoms with Gasteiger partial charge in [0.2, 0.25) is 5.91 Å². The third kappa shape index (κ3) is 6.66. The summed E-state index contributed by atoms with van der Waals surface area (Å²) in [6.07, 6.45) is 5.30. The van der Waals surface area contributed by atoms with Gasteiger partial charge in [-0.15, -0.1) is 0 Å². The van der Waals surface area contributed by atoms with Crippen LogP contribution in [0.1, 0.15) is 36.8 Å². The van der Waals surface area contributed by atoms with E-state index in [1.54, 1.807) is 12.6 Å². The number of rotatable bonds is 8. The number of piperidine rings is 1. The monoisotopic (exact) mass is 554 g/mol. The van der Waals surface area contributed by atoms with Crippen molar-refractivity contribution in [2.45, 2.75) is 38.1 Å². The number of amides is 1. The molecule has 0 bridgehead atoms. The maximum atomic E-state index is 13.6. The zero-order valence-electron chi connectivity index (χ0n) is 22.8. The molecule has 2 aromatic carbocycles. The number of halogens is 3. The Morgan fingerprint density at radius 1 is 1.23 bits per heavy atom. The molecule has 3 aromatic rings. The Kier molecular flexibility index (Phi) is 9.50. The number of nitrogens with zero attached hydrogens (tertiary/aromatic N) is 3. The number of hydrogen-bond acceptors (Lipinski definition) is 6. The van der Waals surface area contributed by atoms with Crippen molar-refractivity contribution in [2.24, 2.45) is 5.92 Å². The number of pyridine rings is 1. The second-order valence-corrected chi connectivity index (χ2v) is 10.2. The normalized spacial score (nSPS) is 17.3. The van der Waals surface area contributed by atoms with Gasteiger partial charge in [0.15, 0.2) is 17.5 Å². The van der Waals surface area contributed by atoms with Crippen LogP contribution >= 0.6 is 0 Å². The van der Waals surface area contributed by atoms with E-state index < -0.39 is 23.4 Å². The lowest BCUT2D eigenvalue weighted by Crippen LogP contribution is -2.46. The minimum Gasteiger partial charge on any atom is -0.497 e. The van der Waals surface area contributed by atoms with Crippen LogP contribution in [0.25, 0.3) is 10.9 Å². The number of methoxy groups -OCH3 is 1. The summed E-state index contributed by atoms with van der Waals surface area (Å²) in [6.45, 7) is 0.888. The van der Waals surface area contributed by atoms with E-state index in [1.807, 2.05) is 43.4 Å². The van der Waals surface area contributed by atoms with Crippen LogP contribution in [0, 0.1) is 35.2 Å². The Balaban J connectivity index is 1.52. The fourth-order valence-electron chi connectivity index (χ4n) is 5.31. The minimum absolute atomic E-state index is 0.00233. The molecular formula is C30H33F3N4O3. The van der Waals surface area contributed by atoms with Gasteiger partial charge in [0.25, 0.3) is 0 Å². The molecule has 7 nitrogen and oxygen atoms in total. The van der Waals surface area contributed by atoms with Crippen molar-refractivity contribution in [1.82, 2.24) is 15.4 Å². The van der Waals surface area contributed by atoms with E-state index in [-0.39, 0.29) is 17.5 Å². The first-order valence-corrected chi connectivity index (χ1v) is 13.2. The number of aryl methyl sites for hydroxylation is 1. The lowest BCUT2D eigenvalue weighted by Gasteiger charge is -2.38. The third-order valence-corrected chi connectivity index (χ3v) is 7.43. The van der Waals surface area contributed by atoms with Crippen LogP contribution in [0.2, 0.25) is 0 Å². The van der Waals surface area contributed by atoms with Crippen LogP contribution in [0.5, 0.6) is 5.75 Å². The Morgan fingerprint density at radius 2 is 1.98 bits per heavy atom. The van der Waals surface area contributed by atoms with Gasteiger partial charge in [0.1, 0.15) is 5.75 Å². The van der Waals surface area contributed by atoms with Gasteiger partial charge >= 0.3 is 0 Å². The summed E-state index contributed by atoms with van der Waals surface area (Å²) in [5.74, 6) is 1.59. The Morgan fingerprint density at radius 3 is 2.65 bits per heavy atom. The molecule has 1 amide bonds. The average molecular weight is 555 g/mol. The molecule has 212 valence electrons. The number of carbonyl (C=O) groups is 1. The SMILES string of the molecule is COc1ccc2ncc(N(C)C)c(CCCC3CC(C(=O)NO)CCN3CC#Cc3cc(F)c(F)c(F)c3)c2c1. The third-order valence-electron chi connectivity index (χ3n) is 7.43. The van der Waals surface area contributed by atoms with Crippen molar-refractivity contribution >= 4 is 22.5 Å². The molecular weight excluding hydrogens is 521 g/mol. The molecule has 0 saturated carbocycles. The number of ether oxygens (including phenoxy) is 1. The van der Waals surface area contributed by atoms with E-state index in [1.165, 1.54) is 0 Å². The molecule has 40 heavy (non-hydrogen) atoms. The standard InChI is InChI=1S/C30H33F3N4O3/c1-36(2)28-18-34-27-10-9-22(40-3)17-24(27)23(28)8-4-7-21-16-20(30(38)35-39)11-13-37(21)12-5-6-19-14-25(31)29(33)26(32)15-19/h9-10,14-15,17-18,20-21,39H,4,7-8,11-13,16H2,1-3H3,(H,35,38). The second kappa shape index (κ2) is 13.0. The van der Waals surface area contributed by atoms with Crippen LogP contribution < -0.4 is 15.1 Å². The Labute approximate surface area is 231 Å². The fraction of sp³-hybridized carbons (Fsp3) is 0.400. The molecule has 10 heteroatoms. The van der Waals surface area contributed by atoms with E-state index in [4.69, 9.17) is 4.74 Å². The summed E-state index contributed by atoms with van der Waals surface area (Å²) >= 11 is 0. The molecule has 1 aliphatic heterocycles. The van der Waals surface area contributed by atoms with Gasteiger partial charge in [-0.05, 0) is 68.0 Å². The maximum absolute atomic E-state index is 13.6. The molecule has 0 radical (unpaired) electrons. The number of hydrogen-bond donors (Lipinski definition) is 2. The number of likely N-dealkylation sites (tertiary alicyclic amines) is 1. The number of benzene rings is 2. The highest BCUT2D eigenvalue weighted by atomic mass is 19.2. The molecule has 0 spiro atoms. The Hall–Kier alpha value is -3.81. The van der Waals surface area contributed by atoms with Crippen LogP contribution in [-0.2, 0) is 11.2 Å². The van der Waals surface area contributed by atoms with Crippen LogP contribution in [-0.4, -0.2) is 61.3 Å². The molecule has 2 heterocycles. The molecule has 4 rings (SSSR count). The van der Waals surface area contributed by atoms with Crippen LogP contribution in [0.15, 0.2) is 36.5 Å². The highest BCUT2D eigenvalue weighted by molar-refractivity contribution is 5.88. The van der Waals surface area contributed by atoms with Crippen molar-refractivity contribution in [3.63, 3.8) is 0 Å². The molecule has 2 N–H and O–H groups in total. The summed E-state index contributed by atoms with van der Waals surface area (Å²) < 4.78 is 45.9. The fourth-order valence-corrected chi connectivity index (χ4v) is 5.31. The second-order valence-electron chi connectivity index (χ2n) is 10.2. The van der Waals surface area contributed by atoms with E-state index in [0.29, 0.717) is 25.9 Å². The van der Waals surface area contributed by atoms with Crippen molar-refractivity contribution in [3.05, 3.63) is 65.1 Å². The average Bonchev–Trinajstić information content (AvgIpc) is 2.95. The number of aromatic nitrogens is 1. The van der Waals surface area contributed by atoms with Crippen LogP contribution in [0.3, 0.4) is 0 Å². The number of fused-ring (bicyclic) bond motifs is 1. The van der Waals surface area contributed by atoms with Gasteiger partial charge in [-0.1, -0.05) is 11.8 Å². The van der Waals surface area contributed by atoms with E-state index in [0.717, 1.165) is 59.3 Å². The van der Waals surface area contributed by atoms with E-state index >= 15 is 0 Å². The highest BCUT2D eigenvalue weighted by Gasteiger charge is 2.31. The minimum atomic E-state index is -1.52.